The predicted molar refractivity (Wildman–Crippen MR) is 148 cm³/mol. The van der Waals surface area contributed by atoms with Crippen molar-refractivity contribution in [3.05, 3.63) is 89.6 Å². The number of nitrogens with zero attached hydrogens (tertiary/aromatic N) is 2. The van der Waals surface area contributed by atoms with Gasteiger partial charge in [0, 0.05) is 17.3 Å². The van der Waals surface area contributed by atoms with Crippen LogP contribution in [-0.4, -0.2) is 41.7 Å². The number of primary amides is 1. The molecule has 0 bridgehead atoms. The Bertz CT molecular complexity index is 1620. The van der Waals surface area contributed by atoms with Gasteiger partial charge in [0.05, 0.1) is 17.7 Å². The van der Waals surface area contributed by atoms with Crippen LogP contribution in [0, 0.1) is 0 Å². The zero-order valence-electron chi connectivity index (χ0n) is 21.7. The van der Waals surface area contributed by atoms with Crippen molar-refractivity contribution in [1.29, 1.82) is 0 Å². The third-order valence-corrected chi connectivity index (χ3v) is 6.48. The molecule has 2 atom stereocenters. The van der Waals surface area contributed by atoms with Crippen LogP contribution in [0.2, 0.25) is 0 Å². The van der Waals surface area contributed by atoms with Gasteiger partial charge in [0.25, 0.3) is 17.7 Å². The number of amides is 3. The highest BCUT2D eigenvalue weighted by Gasteiger charge is 2.37. The fourth-order valence-corrected chi connectivity index (χ4v) is 4.48. The number of carbonyl (C=O) groups is 3. The minimum atomic E-state index is -0.867. The number of hydrogen-bond acceptors (Lipinski definition) is 8. The first kappa shape index (κ1) is 26.4. The fourth-order valence-electron chi connectivity index (χ4n) is 4.48. The van der Waals surface area contributed by atoms with Gasteiger partial charge in [-0.05, 0) is 73.3 Å². The van der Waals surface area contributed by atoms with Gasteiger partial charge < -0.3 is 20.5 Å². The molecule has 10 nitrogen and oxygen atoms in total. The SMILES string of the molecule is CCOc1cc(C([C]=O)Nc2ccc3c(N4C(=O)c5ccccc5C4=O)nccc3c2)ccc1OC(C)C(N)=O. The Labute approximate surface area is 229 Å². The van der Waals surface area contributed by atoms with Crippen molar-refractivity contribution in [2.45, 2.75) is 26.0 Å². The molecule has 3 aromatic carbocycles. The number of anilines is 2. The number of hydrogen-bond donors (Lipinski definition) is 2. The number of pyridine rings is 1. The average Bonchev–Trinajstić information content (AvgIpc) is 3.21. The van der Waals surface area contributed by atoms with Crippen LogP contribution in [0.25, 0.3) is 10.8 Å². The highest BCUT2D eigenvalue weighted by Crippen LogP contribution is 2.35. The molecule has 10 heteroatoms. The number of fused-ring (bicyclic) bond motifs is 2. The van der Waals surface area contributed by atoms with Gasteiger partial charge in [-0.15, -0.1) is 0 Å². The summed E-state index contributed by atoms with van der Waals surface area (Å²) in [6.45, 7) is 3.67. The van der Waals surface area contributed by atoms with Crippen LogP contribution < -0.4 is 25.4 Å². The molecule has 3 N–H and O–H groups in total. The lowest BCUT2D eigenvalue weighted by molar-refractivity contribution is -0.124. The monoisotopic (exact) mass is 537 g/mol. The molecule has 0 saturated carbocycles. The van der Waals surface area contributed by atoms with E-state index in [2.05, 4.69) is 10.3 Å². The number of imide groups is 1. The van der Waals surface area contributed by atoms with Gasteiger partial charge in [-0.3, -0.25) is 19.2 Å². The number of aromatic nitrogens is 1. The molecule has 0 fully saturated rings. The van der Waals surface area contributed by atoms with E-state index in [9.17, 15) is 19.2 Å². The molecule has 0 spiro atoms. The van der Waals surface area contributed by atoms with Crippen molar-refractivity contribution < 1.29 is 28.7 Å². The van der Waals surface area contributed by atoms with Crippen LogP contribution in [0.5, 0.6) is 11.5 Å². The van der Waals surface area contributed by atoms with Crippen molar-refractivity contribution in [3.63, 3.8) is 0 Å². The Morgan fingerprint density at radius 3 is 2.40 bits per heavy atom. The van der Waals surface area contributed by atoms with Crippen LogP contribution in [0.3, 0.4) is 0 Å². The summed E-state index contributed by atoms with van der Waals surface area (Å²) in [5.74, 6) is -0.575. The molecular weight excluding hydrogens is 512 g/mol. The molecule has 1 radical (unpaired) electrons. The Morgan fingerprint density at radius 2 is 1.75 bits per heavy atom. The molecule has 4 aromatic rings. The zero-order chi connectivity index (χ0) is 28.4. The second kappa shape index (κ2) is 10.9. The second-order valence-electron chi connectivity index (χ2n) is 9.06. The minimum absolute atomic E-state index is 0.232. The van der Waals surface area contributed by atoms with E-state index in [1.165, 1.54) is 13.1 Å². The fraction of sp³-hybridized carbons (Fsp3) is 0.167. The number of carbonyl (C=O) groups excluding carboxylic acids is 4. The first-order valence-corrected chi connectivity index (χ1v) is 12.6. The maximum absolute atomic E-state index is 13.0. The highest BCUT2D eigenvalue weighted by molar-refractivity contribution is 6.35. The van der Waals surface area contributed by atoms with Crippen LogP contribution in [0.1, 0.15) is 46.2 Å². The van der Waals surface area contributed by atoms with Crippen molar-refractivity contribution in [2.24, 2.45) is 5.73 Å². The van der Waals surface area contributed by atoms with Gasteiger partial charge >= 0.3 is 0 Å². The molecular formula is C30H25N4O6. The molecule has 2 heterocycles. The molecule has 1 aromatic heterocycles. The lowest BCUT2D eigenvalue weighted by Crippen LogP contribution is -2.30. The molecule has 3 amide bonds. The van der Waals surface area contributed by atoms with Crippen LogP contribution >= 0.6 is 0 Å². The number of nitrogens with two attached hydrogens (primary N) is 1. The maximum Gasteiger partial charge on any atom is 0.267 e. The van der Waals surface area contributed by atoms with E-state index in [0.29, 0.717) is 51.3 Å². The highest BCUT2D eigenvalue weighted by atomic mass is 16.5. The third kappa shape index (κ3) is 4.82. The molecule has 0 saturated heterocycles. The van der Waals surface area contributed by atoms with Crippen LogP contribution in [-0.2, 0) is 9.59 Å². The smallest absolute Gasteiger partial charge is 0.267 e. The molecule has 1 aliphatic heterocycles. The standard InChI is InChI=1S/C30H25N4O6/c1-3-39-26-15-19(8-11-25(26)40-17(2)27(31)36)24(16-35)33-20-9-10-21-18(14-20)12-13-32-28(21)34-29(37)22-6-4-5-7-23(22)30(34)38/h4-15,17,24,33H,3H2,1-2H3,(H2,31,36). The topological polar surface area (TPSA) is 141 Å². The zero-order valence-corrected chi connectivity index (χ0v) is 21.7. The Hall–Kier alpha value is -5.25. The quantitative estimate of drug-likeness (QED) is 0.290. The summed E-state index contributed by atoms with van der Waals surface area (Å²) in [6.07, 6.45) is 2.65. The predicted octanol–water partition coefficient (Wildman–Crippen LogP) is 3.95. The Kier molecular flexibility index (Phi) is 7.15. The van der Waals surface area contributed by atoms with Crippen molar-refractivity contribution >= 4 is 46.3 Å². The van der Waals surface area contributed by atoms with E-state index in [1.54, 1.807) is 73.7 Å². The summed E-state index contributed by atoms with van der Waals surface area (Å²) in [4.78, 5) is 54.9. The van der Waals surface area contributed by atoms with E-state index in [-0.39, 0.29) is 5.82 Å². The lowest BCUT2D eigenvalue weighted by atomic mass is 10.1. The minimum Gasteiger partial charge on any atom is -0.490 e. The molecule has 2 unspecified atom stereocenters. The number of benzene rings is 3. The van der Waals surface area contributed by atoms with Gasteiger partial charge in [0.2, 0.25) is 6.29 Å². The van der Waals surface area contributed by atoms with E-state index in [0.717, 1.165) is 4.90 Å². The van der Waals surface area contributed by atoms with Crippen molar-refractivity contribution in [2.75, 3.05) is 16.8 Å². The van der Waals surface area contributed by atoms with Crippen LogP contribution in [0.15, 0.2) is 72.9 Å². The summed E-state index contributed by atoms with van der Waals surface area (Å²) in [5, 5.41) is 4.44. The van der Waals surface area contributed by atoms with Gasteiger partial charge in [0.15, 0.2) is 23.4 Å². The number of ether oxygens (including phenoxy) is 2. The summed E-state index contributed by atoms with van der Waals surface area (Å²) in [7, 11) is 0. The van der Waals surface area contributed by atoms with Crippen LogP contribution in [0.4, 0.5) is 11.5 Å². The van der Waals surface area contributed by atoms with Gasteiger partial charge in [0.1, 0.15) is 6.04 Å². The number of nitrogens with one attached hydrogen (secondary N) is 1. The number of rotatable bonds is 10. The lowest BCUT2D eigenvalue weighted by Gasteiger charge is -2.19. The van der Waals surface area contributed by atoms with E-state index in [1.807, 2.05) is 6.29 Å². The normalized spacial score (nSPS) is 14.0. The first-order valence-electron chi connectivity index (χ1n) is 12.6. The average molecular weight is 538 g/mol. The Balaban J connectivity index is 1.42. The molecule has 201 valence electrons. The maximum atomic E-state index is 13.0. The molecule has 40 heavy (non-hydrogen) atoms. The van der Waals surface area contributed by atoms with Gasteiger partial charge in [-0.25, -0.2) is 9.88 Å². The summed E-state index contributed by atoms with van der Waals surface area (Å²) >= 11 is 0. The second-order valence-corrected chi connectivity index (χ2v) is 9.06. The van der Waals surface area contributed by atoms with E-state index >= 15 is 0 Å². The largest absolute Gasteiger partial charge is 0.490 e. The van der Waals surface area contributed by atoms with E-state index in [4.69, 9.17) is 15.2 Å². The molecule has 0 aliphatic carbocycles. The van der Waals surface area contributed by atoms with Gasteiger partial charge in [-0.1, -0.05) is 18.2 Å². The van der Waals surface area contributed by atoms with Crippen molar-refractivity contribution in [3.8, 4) is 11.5 Å². The molecule has 1 aliphatic rings. The third-order valence-electron chi connectivity index (χ3n) is 6.48. The summed E-state index contributed by atoms with van der Waals surface area (Å²) < 4.78 is 11.3. The Morgan fingerprint density at radius 1 is 1.02 bits per heavy atom. The summed E-state index contributed by atoms with van der Waals surface area (Å²) in [5.41, 5.74) is 7.13. The summed E-state index contributed by atoms with van der Waals surface area (Å²) in [6, 6.07) is 17.7. The van der Waals surface area contributed by atoms with E-state index < -0.39 is 29.9 Å². The van der Waals surface area contributed by atoms with Crippen molar-refractivity contribution in [1.82, 2.24) is 4.98 Å². The van der Waals surface area contributed by atoms with Gasteiger partial charge in [-0.2, -0.15) is 0 Å². The molecule has 5 rings (SSSR count). The first-order chi connectivity index (χ1) is 19.3.